The number of hydrogen-bond donors (Lipinski definition) is 1. The minimum absolute atomic E-state index is 0.215. The molecule has 0 aliphatic carbocycles. The Labute approximate surface area is 171 Å². The lowest BCUT2D eigenvalue weighted by Crippen LogP contribution is -2.08. The number of alkyl halides is 3. The molecule has 1 aromatic heterocycles. The van der Waals surface area contributed by atoms with Gasteiger partial charge in [-0.1, -0.05) is 62.5 Å². The molecule has 148 valence electrons. The first-order valence-electron chi connectivity index (χ1n) is 8.11. The molecule has 0 aliphatic heterocycles. The SMILES string of the molecule is O/N=C\c1ccc(Br)cc1OCC#Cc1noc(-c2ccccc2)c1C(F)(F)F. The molecule has 0 saturated heterocycles. The highest BCUT2D eigenvalue weighted by Crippen LogP contribution is 2.39. The summed E-state index contributed by atoms with van der Waals surface area (Å²) in [6.45, 7) is -0.215. The van der Waals surface area contributed by atoms with Crippen LogP contribution >= 0.6 is 15.9 Å². The maximum absolute atomic E-state index is 13.5. The number of aromatic nitrogens is 1. The summed E-state index contributed by atoms with van der Waals surface area (Å²) in [6.07, 6.45) is -3.52. The fourth-order valence-electron chi connectivity index (χ4n) is 2.46. The van der Waals surface area contributed by atoms with E-state index in [0.29, 0.717) is 15.8 Å². The number of ether oxygens (including phenoxy) is 1. The lowest BCUT2D eigenvalue weighted by molar-refractivity contribution is -0.137. The van der Waals surface area contributed by atoms with Gasteiger partial charge in [0.2, 0.25) is 0 Å². The van der Waals surface area contributed by atoms with Crippen LogP contribution in [-0.2, 0) is 6.18 Å². The molecule has 0 unspecified atom stereocenters. The predicted octanol–water partition coefficient (Wildman–Crippen LogP) is 5.36. The Morgan fingerprint density at radius 2 is 1.97 bits per heavy atom. The van der Waals surface area contributed by atoms with Crippen LogP contribution in [0.15, 0.2) is 62.7 Å². The molecule has 0 bridgehead atoms. The first-order valence-corrected chi connectivity index (χ1v) is 8.90. The highest BCUT2D eigenvalue weighted by atomic mass is 79.9. The molecule has 29 heavy (non-hydrogen) atoms. The van der Waals surface area contributed by atoms with Crippen LogP contribution in [-0.4, -0.2) is 23.2 Å². The molecule has 3 aromatic rings. The third kappa shape index (κ3) is 4.97. The smallest absolute Gasteiger partial charge is 0.422 e. The summed E-state index contributed by atoms with van der Waals surface area (Å²) < 4.78 is 51.7. The standard InChI is InChI=1S/C20H12BrF3N2O3/c21-15-9-8-14(12-25-27)17(11-15)28-10-4-7-16-18(20(22,23)24)19(29-26-16)13-5-2-1-3-6-13/h1-3,5-6,8-9,11-12,27H,10H2/b25-12-. The molecule has 1 heterocycles. The number of halogens is 4. The second-order valence-corrected chi connectivity index (χ2v) is 6.53. The monoisotopic (exact) mass is 464 g/mol. The van der Waals surface area contributed by atoms with Gasteiger partial charge in [-0.2, -0.15) is 13.2 Å². The molecule has 0 radical (unpaired) electrons. The van der Waals surface area contributed by atoms with Gasteiger partial charge < -0.3 is 14.5 Å². The summed E-state index contributed by atoms with van der Waals surface area (Å²) in [6, 6.07) is 12.8. The molecule has 1 N–H and O–H groups in total. The Morgan fingerprint density at radius 1 is 1.21 bits per heavy atom. The zero-order valence-electron chi connectivity index (χ0n) is 14.6. The van der Waals surface area contributed by atoms with Crippen LogP contribution in [0.2, 0.25) is 0 Å². The van der Waals surface area contributed by atoms with Crippen LogP contribution in [0.4, 0.5) is 13.2 Å². The van der Waals surface area contributed by atoms with E-state index in [2.05, 4.69) is 38.1 Å². The van der Waals surface area contributed by atoms with Gasteiger partial charge in [0.25, 0.3) is 0 Å². The predicted molar refractivity (Wildman–Crippen MR) is 103 cm³/mol. The normalized spacial score (nSPS) is 11.3. The first kappa shape index (κ1) is 20.5. The molecule has 3 rings (SSSR count). The van der Waals surface area contributed by atoms with E-state index >= 15 is 0 Å². The molecule has 9 heteroatoms. The van der Waals surface area contributed by atoms with Crippen LogP contribution in [0.3, 0.4) is 0 Å². The van der Waals surface area contributed by atoms with Crippen molar-refractivity contribution in [2.75, 3.05) is 6.61 Å². The van der Waals surface area contributed by atoms with E-state index in [1.165, 1.54) is 18.3 Å². The molecule has 0 atom stereocenters. The number of hydrogen-bond acceptors (Lipinski definition) is 5. The molecule has 0 spiro atoms. The van der Waals surface area contributed by atoms with E-state index in [0.717, 1.165) is 0 Å². The van der Waals surface area contributed by atoms with Gasteiger partial charge in [0.1, 0.15) is 17.9 Å². The second-order valence-electron chi connectivity index (χ2n) is 5.62. The van der Waals surface area contributed by atoms with Crippen molar-refractivity contribution in [3.8, 4) is 28.9 Å². The minimum atomic E-state index is -4.69. The van der Waals surface area contributed by atoms with Crippen molar-refractivity contribution < 1.29 is 27.6 Å². The Bertz CT molecular complexity index is 1080. The summed E-state index contributed by atoms with van der Waals surface area (Å²) in [7, 11) is 0. The molecule has 0 aliphatic rings. The van der Waals surface area contributed by atoms with Crippen molar-refractivity contribution in [3.63, 3.8) is 0 Å². The summed E-state index contributed by atoms with van der Waals surface area (Å²) in [5, 5.41) is 15.1. The number of rotatable bonds is 4. The zero-order chi connectivity index (χ0) is 20.9. The van der Waals surface area contributed by atoms with Crippen molar-refractivity contribution in [2.45, 2.75) is 6.18 Å². The van der Waals surface area contributed by atoms with E-state index in [1.807, 2.05) is 0 Å². The van der Waals surface area contributed by atoms with E-state index in [-0.39, 0.29) is 12.2 Å². The van der Waals surface area contributed by atoms with Crippen molar-refractivity contribution in [2.24, 2.45) is 5.16 Å². The topological polar surface area (TPSA) is 67.9 Å². The average Bonchev–Trinajstić information content (AvgIpc) is 3.12. The van der Waals surface area contributed by atoms with Gasteiger partial charge in [-0.05, 0) is 24.1 Å². The fourth-order valence-corrected chi connectivity index (χ4v) is 2.80. The molecular formula is C20H12BrF3N2O3. The van der Waals surface area contributed by atoms with Crippen LogP contribution < -0.4 is 4.74 Å². The average molecular weight is 465 g/mol. The van der Waals surface area contributed by atoms with E-state index < -0.39 is 23.2 Å². The van der Waals surface area contributed by atoms with E-state index in [4.69, 9.17) is 14.5 Å². The van der Waals surface area contributed by atoms with Gasteiger partial charge in [-0.3, -0.25) is 0 Å². The molecule has 0 saturated carbocycles. The molecule has 2 aromatic carbocycles. The Hall–Kier alpha value is -3.25. The lowest BCUT2D eigenvalue weighted by atomic mass is 10.1. The van der Waals surface area contributed by atoms with Crippen LogP contribution in [0.25, 0.3) is 11.3 Å². The van der Waals surface area contributed by atoms with Gasteiger partial charge in [-0.15, -0.1) is 0 Å². The fraction of sp³-hybridized carbons (Fsp3) is 0.100. The molecule has 5 nitrogen and oxygen atoms in total. The van der Waals surface area contributed by atoms with Crippen molar-refractivity contribution in [3.05, 3.63) is 69.8 Å². The van der Waals surface area contributed by atoms with Crippen LogP contribution in [0, 0.1) is 11.8 Å². The van der Waals surface area contributed by atoms with E-state index in [9.17, 15) is 13.2 Å². The summed E-state index contributed by atoms with van der Waals surface area (Å²) in [4.78, 5) is 0. The second kappa shape index (κ2) is 8.84. The third-order valence-electron chi connectivity index (χ3n) is 3.69. The van der Waals surface area contributed by atoms with Crippen LogP contribution in [0.5, 0.6) is 5.75 Å². The third-order valence-corrected chi connectivity index (χ3v) is 4.18. The zero-order valence-corrected chi connectivity index (χ0v) is 16.2. The number of nitrogens with zero attached hydrogens (tertiary/aromatic N) is 2. The summed E-state index contributed by atoms with van der Waals surface area (Å²) in [5.74, 6) is 4.80. The molecular weight excluding hydrogens is 453 g/mol. The summed E-state index contributed by atoms with van der Waals surface area (Å²) >= 11 is 3.28. The Kier molecular flexibility index (Phi) is 6.24. The highest BCUT2D eigenvalue weighted by Gasteiger charge is 2.40. The van der Waals surface area contributed by atoms with Crippen molar-refractivity contribution in [1.29, 1.82) is 0 Å². The maximum atomic E-state index is 13.5. The lowest BCUT2D eigenvalue weighted by Gasteiger charge is -2.06. The van der Waals surface area contributed by atoms with Crippen molar-refractivity contribution in [1.82, 2.24) is 5.16 Å². The highest BCUT2D eigenvalue weighted by molar-refractivity contribution is 9.10. The van der Waals surface area contributed by atoms with Gasteiger partial charge in [0, 0.05) is 15.6 Å². The Balaban J connectivity index is 1.85. The number of benzene rings is 2. The number of oxime groups is 1. The van der Waals surface area contributed by atoms with Crippen LogP contribution in [0.1, 0.15) is 16.8 Å². The quantitative estimate of drug-likeness (QED) is 0.244. The largest absolute Gasteiger partial charge is 0.480 e. The molecule has 0 fully saturated rings. The van der Waals surface area contributed by atoms with E-state index in [1.54, 1.807) is 36.4 Å². The first-order chi connectivity index (χ1) is 13.9. The maximum Gasteiger partial charge on any atom is 0.422 e. The van der Waals surface area contributed by atoms with Crippen molar-refractivity contribution >= 4 is 22.1 Å². The minimum Gasteiger partial charge on any atom is -0.480 e. The van der Waals surface area contributed by atoms with Gasteiger partial charge >= 0.3 is 6.18 Å². The Morgan fingerprint density at radius 3 is 2.66 bits per heavy atom. The van der Waals surface area contributed by atoms with Gasteiger partial charge in [-0.25, -0.2) is 0 Å². The van der Waals surface area contributed by atoms with Gasteiger partial charge in [0.05, 0.1) is 6.21 Å². The molecule has 0 amide bonds. The summed E-state index contributed by atoms with van der Waals surface area (Å²) in [5.41, 5.74) is -0.835. The van der Waals surface area contributed by atoms with Gasteiger partial charge in [0.15, 0.2) is 11.5 Å².